The first kappa shape index (κ1) is 18.6. The first-order chi connectivity index (χ1) is 14.0. The van der Waals surface area contributed by atoms with Crippen LogP contribution in [0.1, 0.15) is 42.3 Å². The van der Waals surface area contributed by atoms with Gasteiger partial charge in [0.1, 0.15) is 5.82 Å². The molecule has 3 amide bonds. The smallest absolute Gasteiger partial charge is 0.261 e. The Kier molecular flexibility index (Phi) is 4.91. The second kappa shape index (κ2) is 7.67. The van der Waals surface area contributed by atoms with Crippen molar-refractivity contribution in [2.45, 2.75) is 13.3 Å². The molecule has 0 bridgehead atoms. The third-order valence-electron chi connectivity index (χ3n) is 4.83. The minimum Gasteiger partial charge on any atom is -0.307 e. The number of aromatic nitrogens is 1. The van der Waals surface area contributed by atoms with Crippen molar-refractivity contribution in [2.75, 3.05) is 11.9 Å². The van der Waals surface area contributed by atoms with Gasteiger partial charge in [0, 0.05) is 17.8 Å². The molecule has 2 heterocycles. The summed E-state index contributed by atoms with van der Waals surface area (Å²) in [6, 6.07) is 19.6. The SMILES string of the molecule is Cc1cccc(NC(=O)c2ccc3c(c2)C(=O)N(CCc2ccccc2)C3=O)n1. The topological polar surface area (TPSA) is 79.4 Å². The Balaban J connectivity index is 1.51. The zero-order chi connectivity index (χ0) is 20.4. The Labute approximate surface area is 168 Å². The van der Waals surface area contributed by atoms with Gasteiger partial charge < -0.3 is 5.32 Å². The van der Waals surface area contributed by atoms with Crippen molar-refractivity contribution in [2.24, 2.45) is 0 Å². The summed E-state index contributed by atoms with van der Waals surface area (Å²) < 4.78 is 0. The number of imide groups is 1. The number of nitrogens with zero attached hydrogens (tertiary/aromatic N) is 2. The molecule has 0 atom stereocenters. The largest absolute Gasteiger partial charge is 0.307 e. The molecular formula is C23H19N3O3. The van der Waals surface area contributed by atoms with Crippen LogP contribution in [-0.4, -0.2) is 34.2 Å². The first-order valence-electron chi connectivity index (χ1n) is 9.32. The van der Waals surface area contributed by atoms with Crippen molar-refractivity contribution in [3.05, 3.63) is 94.7 Å². The van der Waals surface area contributed by atoms with Crippen LogP contribution in [0.3, 0.4) is 0 Å². The van der Waals surface area contributed by atoms with Crippen LogP contribution in [0.5, 0.6) is 0 Å². The number of hydrogen-bond acceptors (Lipinski definition) is 4. The molecule has 6 heteroatoms. The van der Waals surface area contributed by atoms with Crippen molar-refractivity contribution in [3.63, 3.8) is 0 Å². The van der Waals surface area contributed by atoms with Crippen LogP contribution in [0.2, 0.25) is 0 Å². The highest BCUT2D eigenvalue weighted by atomic mass is 16.2. The third kappa shape index (κ3) is 3.78. The highest BCUT2D eigenvalue weighted by Gasteiger charge is 2.35. The van der Waals surface area contributed by atoms with Crippen LogP contribution < -0.4 is 5.32 Å². The highest BCUT2D eigenvalue weighted by molar-refractivity contribution is 6.22. The molecule has 0 unspecified atom stereocenters. The number of rotatable bonds is 5. The molecule has 1 aliphatic heterocycles. The molecule has 1 aliphatic rings. The molecule has 29 heavy (non-hydrogen) atoms. The normalized spacial score (nSPS) is 12.8. The van der Waals surface area contributed by atoms with E-state index in [2.05, 4.69) is 10.3 Å². The first-order valence-corrected chi connectivity index (χ1v) is 9.32. The van der Waals surface area contributed by atoms with Crippen molar-refractivity contribution in [1.82, 2.24) is 9.88 Å². The maximum atomic E-state index is 12.8. The Bertz CT molecular complexity index is 1110. The van der Waals surface area contributed by atoms with Gasteiger partial charge in [-0.15, -0.1) is 0 Å². The van der Waals surface area contributed by atoms with Crippen LogP contribution in [0.4, 0.5) is 5.82 Å². The number of fused-ring (bicyclic) bond motifs is 1. The summed E-state index contributed by atoms with van der Waals surface area (Å²) in [6.07, 6.45) is 0.582. The van der Waals surface area contributed by atoms with E-state index in [0.717, 1.165) is 11.3 Å². The summed E-state index contributed by atoms with van der Waals surface area (Å²) in [5.74, 6) is -0.645. The van der Waals surface area contributed by atoms with Crippen molar-refractivity contribution < 1.29 is 14.4 Å². The zero-order valence-electron chi connectivity index (χ0n) is 15.9. The molecule has 6 nitrogen and oxygen atoms in total. The minimum atomic E-state index is -0.381. The molecule has 2 aromatic carbocycles. The number of hydrogen-bond donors (Lipinski definition) is 1. The van der Waals surface area contributed by atoms with Crippen LogP contribution in [0, 0.1) is 6.92 Å². The molecular weight excluding hydrogens is 366 g/mol. The summed E-state index contributed by atoms with van der Waals surface area (Å²) in [5.41, 5.74) is 2.72. The quantitative estimate of drug-likeness (QED) is 0.682. The van der Waals surface area contributed by atoms with E-state index in [9.17, 15) is 14.4 Å². The van der Waals surface area contributed by atoms with Crippen LogP contribution in [0.25, 0.3) is 0 Å². The Hall–Kier alpha value is -3.80. The summed E-state index contributed by atoms with van der Waals surface area (Å²) in [4.78, 5) is 43.4. The maximum Gasteiger partial charge on any atom is 0.261 e. The van der Waals surface area contributed by atoms with Gasteiger partial charge in [-0.3, -0.25) is 19.3 Å². The van der Waals surface area contributed by atoms with E-state index >= 15 is 0 Å². The van der Waals surface area contributed by atoms with E-state index in [-0.39, 0.29) is 23.3 Å². The Morgan fingerprint density at radius 2 is 1.69 bits per heavy atom. The number of amides is 3. The highest BCUT2D eigenvalue weighted by Crippen LogP contribution is 2.24. The average molecular weight is 385 g/mol. The lowest BCUT2D eigenvalue weighted by Gasteiger charge is -2.13. The number of aryl methyl sites for hydroxylation is 1. The predicted molar refractivity (Wildman–Crippen MR) is 109 cm³/mol. The van der Waals surface area contributed by atoms with E-state index in [1.165, 1.54) is 17.0 Å². The van der Waals surface area contributed by atoms with Gasteiger partial charge in [-0.25, -0.2) is 4.98 Å². The van der Waals surface area contributed by atoms with Gasteiger partial charge in [0.05, 0.1) is 11.1 Å². The lowest BCUT2D eigenvalue weighted by atomic mass is 10.1. The van der Waals surface area contributed by atoms with Gasteiger partial charge in [-0.1, -0.05) is 36.4 Å². The summed E-state index contributed by atoms with van der Waals surface area (Å²) in [7, 11) is 0. The van der Waals surface area contributed by atoms with E-state index in [1.807, 2.05) is 43.3 Å². The second-order valence-corrected chi connectivity index (χ2v) is 6.88. The zero-order valence-corrected chi connectivity index (χ0v) is 15.9. The number of anilines is 1. The van der Waals surface area contributed by atoms with E-state index in [1.54, 1.807) is 18.2 Å². The van der Waals surface area contributed by atoms with Crippen LogP contribution in [0.15, 0.2) is 66.7 Å². The van der Waals surface area contributed by atoms with Gasteiger partial charge in [-0.05, 0) is 49.2 Å². The molecule has 1 aromatic heterocycles. The number of benzene rings is 2. The van der Waals surface area contributed by atoms with Crippen molar-refractivity contribution >= 4 is 23.5 Å². The monoisotopic (exact) mass is 385 g/mol. The predicted octanol–water partition coefficient (Wildman–Crippen LogP) is 3.48. The molecule has 0 fully saturated rings. The molecule has 0 aliphatic carbocycles. The Morgan fingerprint density at radius 1 is 0.931 bits per heavy atom. The number of nitrogens with one attached hydrogen (secondary N) is 1. The summed E-state index contributed by atoms with van der Waals surface area (Å²) >= 11 is 0. The second-order valence-electron chi connectivity index (χ2n) is 6.88. The molecule has 3 aromatic rings. The fourth-order valence-corrected chi connectivity index (χ4v) is 3.32. The van der Waals surface area contributed by atoms with Gasteiger partial charge >= 0.3 is 0 Å². The molecule has 1 N–H and O–H groups in total. The molecule has 0 spiro atoms. The van der Waals surface area contributed by atoms with Gasteiger partial charge in [0.15, 0.2) is 0 Å². The molecule has 144 valence electrons. The van der Waals surface area contributed by atoms with Crippen LogP contribution >= 0.6 is 0 Å². The van der Waals surface area contributed by atoms with E-state index < -0.39 is 0 Å². The number of pyridine rings is 1. The fraction of sp³-hybridized carbons (Fsp3) is 0.130. The molecule has 0 saturated carbocycles. The van der Waals surface area contributed by atoms with Crippen molar-refractivity contribution in [3.8, 4) is 0 Å². The van der Waals surface area contributed by atoms with Crippen molar-refractivity contribution in [1.29, 1.82) is 0 Å². The molecule has 0 radical (unpaired) electrons. The lowest BCUT2D eigenvalue weighted by molar-refractivity contribution is 0.0656. The van der Waals surface area contributed by atoms with Gasteiger partial charge in [0.2, 0.25) is 0 Å². The number of carbonyl (C=O) groups is 3. The summed E-state index contributed by atoms with van der Waals surface area (Å²) in [5, 5.41) is 2.71. The maximum absolute atomic E-state index is 12.8. The molecule has 0 saturated heterocycles. The molecule has 4 rings (SSSR count). The third-order valence-corrected chi connectivity index (χ3v) is 4.83. The van der Waals surface area contributed by atoms with E-state index in [0.29, 0.717) is 29.9 Å². The van der Waals surface area contributed by atoms with Gasteiger partial charge in [0.25, 0.3) is 17.7 Å². The minimum absolute atomic E-state index is 0.257. The Morgan fingerprint density at radius 3 is 2.45 bits per heavy atom. The number of carbonyl (C=O) groups excluding carboxylic acids is 3. The standard InChI is InChI=1S/C23H19N3O3/c1-15-6-5-9-20(24-15)25-21(27)17-10-11-18-19(14-17)23(29)26(22(18)28)13-12-16-7-3-2-4-8-16/h2-11,14H,12-13H2,1H3,(H,24,25,27). The lowest BCUT2D eigenvalue weighted by Crippen LogP contribution is -2.31. The fourth-order valence-electron chi connectivity index (χ4n) is 3.32. The summed E-state index contributed by atoms with van der Waals surface area (Å²) in [6.45, 7) is 2.13. The van der Waals surface area contributed by atoms with Gasteiger partial charge in [-0.2, -0.15) is 0 Å². The average Bonchev–Trinajstić information content (AvgIpc) is 2.97. The van der Waals surface area contributed by atoms with E-state index in [4.69, 9.17) is 0 Å². The van der Waals surface area contributed by atoms with Crippen LogP contribution in [-0.2, 0) is 6.42 Å².